The van der Waals surface area contributed by atoms with Crippen molar-refractivity contribution in [3.63, 3.8) is 0 Å². The fraction of sp³-hybridized carbons (Fsp3) is 0.758. The minimum absolute atomic E-state index is 0.0864. The van der Waals surface area contributed by atoms with Crippen molar-refractivity contribution >= 4 is 17.9 Å². The van der Waals surface area contributed by atoms with Gasteiger partial charge in [0.1, 0.15) is 13.2 Å². The van der Waals surface area contributed by atoms with Crippen LogP contribution in [0.15, 0.2) is 72.9 Å². The third kappa shape index (κ3) is 53.8. The van der Waals surface area contributed by atoms with E-state index in [2.05, 4.69) is 93.7 Å². The average molecular weight is 950 g/mol. The van der Waals surface area contributed by atoms with Crippen LogP contribution in [0, 0.1) is 0 Å². The molecule has 0 fully saturated rings. The summed E-state index contributed by atoms with van der Waals surface area (Å²) in [7, 11) is 0. The Hall–Kier alpha value is -3.15. The van der Waals surface area contributed by atoms with Crippen molar-refractivity contribution in [3.8, 4) is 0 Å². The predicted molar refractivity (Wildman–Crippen MR) is 293 cm³/mol. The first kappa shape index (κ1) is 64.8. The maximum Gasteiger partial charge on any atom is 0.306 e. The highest BCUT2D eigenvalue weighted by atomic mass is 16.6. The van der Waals surface area contributed by atoms with Gasteiger partial charge in [-0.1, -0.05) is 235 Å². The van der Waals surface area contributed by atoms with Gasteiger partial charge in [-0.25, -0.2) is 0 Å². The van der Waals surface area contributed by atoms with E-state index < -0.39 is 6.10 Å². The van der Waals surface area contributed by atoms with Crippen LogP contribution in [0.3, 0.4) is 0 Å². The quantitative estimate of drug-likeness (QED) is 0.0199. The summed E-state index contributed by atoms with van der Waals surface area (Å²) in [6.07, 6.45) is 71.7. The van der Waals surface area contributed by atoms with E-state index in [1.807, 2.05) is 0 Å². The van der Waals surface area contributed by atoms with E-state index in [9.17, 15) is 14.4 Å². The summed E-state index contributed by atoms with van der Waals surface area (Å²) >= 11 is 0. The topological polar surface area (TPSA) is 78.9 Å². The Bertz CT molecular complexity index is 1270. The Morgan fingerprint density at radius 2 is 0.618 bits per heavy atom. The monoisotopic (exact) mass is 949 g/mol. The van der Waals surface area contributed by atoms with Crippen LogP contribution in [0.4, 0.5) is 0 Å². The van der Waals surface area contributed by atoms with Crippen LogP contribution < -0.4 is 0 Å². The second kappa shape index (κ2) is 56.4. The molecule has 0 spiro atoms. The summed E-state index contributed by atoms with van der Waals surface area (Å²) in [5, 5.41) is 0. The lowest BCUT2D eigenvalue weighted by molar-refractivity contribution is -0.167. The second-order valence-corrected chi connectivity index (χ2v) is 19.2. The summed E-state index contributed by atoms with van der Waals surface area (Å²) < 4.78 is 16.9. The number of carbonyl (C=O) groups is 3. The van der Waals surface area contributed by atoms with Gasteiger partial charge < -0.3 is 14.2 Å². The molecule has 0 amide bonds. The number of ether oxygens (including phenoxy) is 3. The van der Waals surface area contributed by atoms with Crippen molar-refractivity contribution in [1.29, 1.82) is 0 Å². The number of allylic oxidation sites excluding steroid dienone is 12. The minimum Gasteiger partial charge on any atom is -0.462 e. The first-order valence-corrected chi connectivity index (χ1v) is 29.0. The fourth-order valence-electron chi connectivity index (χ4n) is 8.09. The smallest absolute Gasteiger partial charge is 0.306 e. The molecule has 0 bridgehead atoms. The Balaban J connectivity index is 4.40. The average Bonchev–Trinajstić information content (AvgIpc) is 3.34. The Labute approximate surface area is 421 Å². The van der Waals surface area contributed by atoms with E-state index in [1.165, 1.54) is 148 Å². The first-order chi connectivity index (χ1) is 33.5. The molecule has 0 aliphatic carbocycles. The lowest BCUT2D eigenvalue weighted by Crippen LogP contribution is -2.30. The molecule has 0 aliphatic heterocycles. The van der Waals surface area contributed by atoms with Gasteiger partial charge >= 0.3 is 17.9 Å². The number of hydrogen-bond acceptors (Lipinski definition) is 6. The molecule has 1 unspecified atom stereocenters. The molecule has 0 saturated heterocycles. The van der Waals surface area contributed by atoms with E-state index in [-0.39, 0.29) is 31.1 Å². The molecule has 0 N–H and O–H groups in total. The molecule has 0 aromatic heterocycles. The molecule has 0 aromatic rings. The normalized spacial score (nSPS) is 12.6. The summed E-state index contributed by atoms with van der Waals surface area (Å²) in [6, 6.07) is 0. The Morgan fingerprint density at radius 3 is 1.03 bits per heavy atom. The molecule has 0 heterocycles. The van der Waals surface area contributed by atoms with Crippen LogP contribution in [0.2, 0.25) is 0 Å². The highest BCUT2D eigenvalue weighted by molar-refractivity contribution is 5.71. The van der Waals surface area contributed by atoms with Crippen molar-refractivity contribution in [1.82, 2.24) is 0 Å². The van der Waals surface area contributed by atoms with Crippen LogP contribution in [-0.2, 0) is 28.6 Å². The molecule has 392 valence electrons. The number of carbonyl (C=O) groups excluding carboxylic acids is 3. The zero-order chi connectivity index (χ0) is 49.3. The Kier molecular flexibility index (Phi) is 53.8. The molecule has 1 atom stereocenters. The first-order valence-electron chi connectivity index (χ1n) is 29.0. The molecule has 0 rings (SSSR count). The molecule has 6 heteroatoms. The van der Waals surface area contributed by atoms with Crippen molar-refractivity contribution in [2.45, 2.75) is 290 Å². The van der Waals surface area contributed by atoms with Gasteiger partial charge in [0.15, 0.2) is 6.10 Å². The molecular formula is C62H108O6. The van der Waals surface area contributed by atoms with Gasteiger partial charge in [-0.15, -0.1) is 0 Å². The van der Waals surface area contributed by atoms with Gasteiger partial charge in [0, 0.05) is 19.3 Å². The van der Waals surface area contributed by atoms with Crippen LogP contribution in [0.25, 0.3) is 0 Å². The standard InChI is InChI=1S/C62H108O6/c1-4-7-10-13-16-19-22-25-28-30-31-32-35-37-40-43-46-49-52-55-61(64)67-58-59(57-66-60(63)54-51-48-45-42-39-36-33-27-24-21-18-15-12-9-6-3)68-62(65)56-53-50-47-44-41-38-34-29-26-23-20-17-14-11-8-5-2/h8,11,17-18,20-21,24,26-27,29-31,59H,4-7,9-10,12-16,19,22-23,25,28,32-58H2,1-3H3/b11-8-,20-17-,21-18-,27-24-,29-26-,31-30-. The molecule has 68 heavy (non-hydrogen) atoms. The van der Waals surface area contributed by atoms with E-state index in [0.717, 1.165) is 96.3 Å². The van der Waals surface area contributed by atoms with Crippen LogP contribution >= 0.6 is 0 Å². The Morgan fingerprint density at radius 1 is 0.324 bits per heavy atom. The zero-order valence-electron chi connectivity index (χ0n) is 44.9. The van der Waals surface area contributed by atoms with Crippen molar-refractivity contribution in [3.05, 3.63) is 72.9 Å². The van der Waals surface area contributed by atoms with Crippen LogP contribution in [-0.4, -0.2) is 37.2 Å². The maximum absolute atomic E-state index is 12.9. The zero-order valence-corrected chi connectivity index (χ0v) is 44.9. The molecule has 0 aromatic carbocycles. The summed E-state index contributed by atoms with van der Waals surface area (Å²) in [5.41, 5.74) is 0. The lowest BCUT2D eigenvalue weighted by Gasteiger charge is -2.18. The number of unbranched alkanes of at least 4 members (excludes halogenated alkanes) is 30. The van der Waals surface area contributed by atoms with Gasteiger partial charge in [-0.2, -0.15) is 0 Å². The van der Waals surface area contributed by atoms with E-state index in [0.29, 0.717) is 19.3 Å². The largest absolute Gasteiger partial charge is 0.462 e. The van der Waals surface area contributed by atoms with Crippen molar-refractivity contribution in [2.75, 3.05) is 13.2 Å². The molecular weight excluding hydrogens is 841 g/mol. The third-order valence-corrected chi connectivity index (χ3v) is 12.4. The molecule has 6 nitrogen and oxygen atoms in total. The SMILES string of the molecule is CC/C=C\C/C=C\C/C=C\CCCCCCCCC(=O)OC(COC(=O)CCCCCCCC/C=C\C=C/CCCCC)COC(=O)CCCCCCCCC/C=C\CCCCCCCCCC. The second-order valence-electron chi connectivity index (χ2n) is 19.2. The molecule has 0 radical (unpaired) electrons. The van der Waals surface area contributed by atoms with Crippen LogP contribution in [0.1, 0.15) is 284 Å². The predicted octanol–water partition coefficient (Wildman–Crippen LogP) is 19.4. The summed E-state index contributed by atoms with van der Waals surface area (Å²) in [6.45, 7) is 6.49. The number of esters is 3. The highest BCUT2D eigenvalue weighted by Gasteiger charge is 2.19. The van der Waals surface area contributed by atoms with Gasteiger partial charge in [-0.05, 0) is 103 Å². The minimum atomic E-state index is -0.789. The highest BCUT2D eigenvalue weighted by Crippen LogP contribution is 2.15. The van der Waals surface area contributed by atoms with Crippen LogP contribution in [0.5, 0.6) is 0 Å². The lowest BCUT2D eigenvalue weighted by atomic mass is 10.1. The maximum atomic E-state index is 12.9. The van der Waals surface area contributed by atoms with Crippen molar-refractivity contribution < 1.29 is 28.6 Å². The number of rotatable bonds is 52. The van der Waals surface area contributed by atoms with Gasteiger partial charge in [0.2, 0.25) is 0 Å². The third-order valence-electron chi connectivity index (χ3n) is 12.4. The summed E-state index contributed by atoms with van der Waals surface area (Å²) in [5.74, 6) is -0.907. The summed E-state index contributed by atoms with van der Waals surface area (Å²) in [4.78, 5) is 38.2. The molecule has 0 saturated carbocycles. The van der Waals surface area contributed by atoms with E-state index in [1.54, 1.807) is 0 Å². The van der Waals surface area contributed by atoms with Gasteiger partial charge in [0.05, 0.1) is 0 Å². The number of hydrogen-bond donors (Lipinski definition) is 0. The fourth-order valence-corrected chi connectivity index (χ4v) is 8.09. The van der Waals surface area contributed by atoms with Crippen molar-refractivity contribution in [2.24, 2.45) is 0 Å². The van der Waals surface area contributed by atoms with E-state index >= 15 is 0 Å². The van der Waals surface area contributed by atoms with E-state index in [4.69, 9.17) is 14.2 Å². The van der Waals surface area contributed by atoms with Gasteiger partial charge in [0.25, 0.3) is 0 Å². The molecule has 0 aliphatic rings. The van der Waals surface area contributed by atoms with Gasteiger partial charge in [-0.3, -0.25) is 14.4 Å².